The zero-order valence-corrected chi connectivity index (χ0v) is 23.0. The van der Waals surface area contributed by atoms with Crippen molar-refractivity contribution in [2.75, 3.05) is 19.6 Å². The number of rotatable bonds is 10. The summed E-state index contributed by atoms with van der Waals surface area (Å²) in [5, 5.41) is 5.08. The number of carbonyl (C=O) groups is 1. The molecule has 1 aliphatic rings. The Morgan fingerprint density at radius 1 is 1.03 bits per heavy atom. The molecule has 2 heterocycles. The highest BCUT2D eigenvalue weighted by molar-refractivity contribution is 6.30. The SMILES string of the molecule is CC1CCCCN1CCCNC(=O)CC(c1cccc(Cl)c1)c1cn(Cc2ccccc2)c2ccccc12. The second-order valence-corrected chi connectivity index (χ2v) is 11.0. The summed E-state index contributed by atoms with van der Waals surface area (Å²) in [7, 11) is 0. The van der Waals surface area contributed by atoms with Crippen molar-refractivity contribution in [2.45, 2.75) is 57.5 Å². The highest BCUT2D eigenvalue weighted by Gasteiger charge is 2.23. The minimum Gasteiger partial charge on any atom is -0.356 e. The normalized spacial score (nSPS) is 16.9. The summed E-state index contributed by atoms with van der Waals surface area (Å²) >= 11 is 6.42. The fourth-order valence-electron chi connectivity index (χ4n) is 5.85. The third-order valence-corrected chi connectivity index (χ3v) is 8.15. The Morgan fingerprint density at radius 3 is 2.66 bits per heavy atom. The number of fused-ring (bicyclic) bond motifs is 1. The lowest BCUT2D eigenvalue weighted by molar-refractivity contribution is -0.121. The lowest BCUT2D eigenvalue weighted by atomic mass is 9.88. The van der Waals surface area contributed by atoms with Crippen LogP contribution in [0.2, 0.25) is 5.02 Å². The van der Waals surface area contributed by atoms with Crippen LogP contribution in [0.15, 0.2) is 85.1 Å². The van der Waals surface area contributed by atoms with Crippen LogP contribution < -0.4 is 5.32 Å². The average molecular weight is 528 g/mol. The molecule has 2 unspecified atom stereocenters. The van der Waals surface area contributed by atoms with Gasteiger partial charge in [0, 0.05) is 60.1 Å². The molecule has 5 heteroatoms. The molecule has 4 nitrogen and oxygen atoms in total. The lowest BCUT2D eigenvalue weighted by Gasteiger charge is -2.33. The van der Waals surface area contributed by atoms with Gasteiger partial charge in [-0.3, -0.25) is 4.79 Å². The summed E-state index contributed by atoms with van der Waals surface area (Å²) in [6.45, 7) is 6.04. The largest absolute Gasteiger partial charge is 0.356 e. The molecule has 5 rings (SSSR count). The average Bonchev–Trinajstić information content (AvgIpc) is 3.29. The van der Waals surface area contributed by atoms with Crippen molar-refractivity contribution in [1.82, 2.24) is 14.8 Å². The standard InChI is InChI=1S/C33H38ClN3O/c1-25-11-7-8-19-36(25)20-10-18-35-33(38)22-30(27-14-9-15-28(34)21-27)31-24-37(23-26-12-3-2-4-13-26)32-17-6-5-16-29(31)32/h2-6,9,12-17,21,24-25,30H,7-8,10-11,18-20,22-23H2,1H3,(H,35,38). The summed E-state index contributed by atoms with van der Waals surface area (Å²) in [6.07, 6.45) is 7.50. The number of hydrogen-bond acceptors (Lipinski definition) is 2. The summed E-state index contributed by atoms with van der Waals surface area (Å²) in [5.41, 5.74) is 4.66. The van der Waals surface area contributed by atoms with Crippen molar-refractivity contribution in [3.63, 3.8) is 0 Å². The van der Waals surface area contributed by atoms with E-state index in [9.17, 15) is 4.79 Å². The van der Waals surface area contributed by atoms with Gasteiger partial charge in [-0.05, 0) is 67.6 Å². The monoisotopic (exact) mass is 527 g/mol. The van der Waals surface area contributed by atoms with E-state index >= 15 is 0 Å². The molecule has 1 saturated heterocycles. The topological polar surface area (TPSA) is 37.3 Å². The maximum Gasteiger partial charge on any atom is 0.220 e. The zero-order valence-electron chi connectivity index (χ0n) is 22.3. The Hall–Kier alpha value is -3.08. The summed E-state index contributed by atoms with van der Waals surface area (Å²) < 4.78 is 2.30. The van der Waals surface area contributed by atoms with Gasteiger partial charge in [-0.15, -0.1) is 0 Å². The molecule has 0 saturated carbocycles. The highest BCUT2D eigenvalue weighted by atomic mass is 35.5. The van der Waals surface area contributed by atoms with Gasteiger partial charge in [0.2, 0.25) is 5.91 Å². The molecule has 198 valence electrons. The van der Waals surface area contributed by atoms with E-state index in [1.807, 2.05) is 24.3 Å². The van der Waals surface area contributed by atoms with Crippen LogP contribution in [0.3, 0.4) is 0 Å². The Balaban J connectivity index is 1.35. The first kappa shape index (κ1) is 26.5. The fourth-order valence-corrected chi connectivity index (χ4v) is 6.05. The van der Waals surface area contributed by atoms with E-state index in [-0.39, 0.29) is 11.8 Å². The van der Waals surface area contributed by atoms with E-state index in [1.54, 1.807) is 0 Å². The van der Waals surface area contributed by atoms with Gasteiger partial charge < -0.3 is 14.8 Å². The first-order chi connectivity index (χ1) is 18.6. The van der Waals surface area contributed by atoms with E-state index < -0.39 is 0 Å². The molecule has 0 spiro atoms. The van der Waals surface area contributed by atoms with Crippen LogP contribution in [0, 0.1) is 0 Å². The van der Waals surface area contributed by atoms with Gasteiger partial charge in [-0.25, -0.2) is 0 Å². The maximum absolute atomic E-state index is 13.3. The Bertz CT molecular complexity index is 1350. The van der Waals surface area contributed by atoms with Gasteiger partial charge in [0.1, 0.15) is 0 Å². The molecule has 4 aromatic rings. The van der Waals surface area contributed by atoms with Crippen LogP contribution in [0.4, 0.5) is 0 Å². The van der Waals surface area contributed by atoms with E-state index in [4.69, 9.17) is 11.6 Å². The molecule has 1 N–H and O–H groups in total. The van der Waals surface area contributed by atoms with Crippen LogP contribution in [0.5, 0.6) is 0 Å². The number of carbonyl (C=O) groups excluding carboxylic acids is 1. The van der Waals surface area contributed by atoms with Crippen LogP contribution in [-0.4, -0.2) is 41.1 Å². The Kier molecular flexibility index (Phi) is 8.83. The Morgan fingerprint density at radius 2 is 1.84 bits per heavy atom. The van der Waals surface area contributed by atoms with E-state index in [1.165, 1.54) is 42.3 Å². The Labute approximate surface area is 231 Å². The van der Waals surface area contributed by atoms with E-state index in [2.05, 4.69) is 82.5 Å². The summed E-state index contributed by atoms with van der Waals surface area (Å²) in [6, 6.07) is 27.6. The van der Waals surface area contributed by atoms with Crippen LogP contribution in [0.25, 0.3) is 10.9 Å². The number of likely N-dealkylation sites (tertiary alicyclic amines) is 1. The molecule has 2 atom stereocenters. The lowest BCUT2D eigenvalue weighted by Crippen LogP contribution is -2.39. The maximum atomic E-state index is 13.3. The summed E-state index contributed by atoms with van der Waals surface area (Å²) in [5.74, 6) is -0.000649. The van der Waals surface area contributed by atoms with E-state index in [0.29, 0.717) is 24.0 Å². The van der Waals surface area contributed by atoms with Gasteiger partial charge in [0.15, 0.2) is 0 Å². The van der Waals surface area contributed by atoms with Crippen LogP contribution in [0.1, 0.15) is 61.6 Å². The number of hydrogen-bond donors (Lipinski definition) is 1. The molecule has 1 aromatic heterocycles. The predicted molar refractivity (Wildman–Crippen MR) is 158 cm³/mol. The van der Waals surface area contributed by atoms with Gasteiger partial charge >= 0.3 is 0 Å². The second-order valence-electron chi connectivity index (χ2n) is 10.6. The molecule has 0 radical (unpaired) electrons. The highest BCUT2D eigenvalue weighted by Crippen LogP contribution is 2.36. The minimum atomic E-state index is -0.0854. The van der Waals surface area contributed by atoms with Crippen LogP contribution in [-0.2, 0) is 11.3 Å². The third-order valence-electron chi connectivity index (χ3n) is 7.92. The molecule has 3 aromatic carbocycles. The van der Waals surface area contributed by atoms with Gasteiger partial charge in [0.05, 0.1) is 0 Å². The molecule has 1 fully saturated rings. The predicted octanol–water partition coefficient (Wildman–Crippen LogP) is 7.25. The molecular formula is C33H38ClN3O. The van der Waals surface area contributed by atoms with Crippen molar-refractivity contribution >= 4 is 28.4 Å². The molecule has 1 amide bonds. The van der Waals surface area contributed by atoms with Gasteiger partial charge in [0.25, 0.3) is 0 Å². The van der Waals surface area contributed by atoms with Crippen molar-refractivity contribution in [3.05, 3.63) is 107 Å². The molecule has 38 heavy (non-hydrogen) atoms. The molecular weight excluding hydrogens is 490 g/mol. The number of nitrogens with zero attached hydrogens (tertiary/aromatic N) is 2. The number of para-hydroxylation sites is 1. The number of nitrogens with one attached hydrogen (secondary N) is 1. The fraction of sp³-hybridized carbons (Fsp3) is 0.364. The smallest absolute Gasteiger partial charge is 0.220 e. The number of piperidine rings is 1. The molecule has 0 bridgehead atoms. The molecule has 1 aliphatic heterocycles. The third kappa shape index (κ3) is 6.48. The molecule has 0 aliphatic carbocycles. The number of aromatic nitrogens is 1. The summed E-state index contributed by atoms with van der Waals surface area (Å²) in [4.78, 5) is 15.8. The first-order valence-electron chi connectivity index (χ1n) is 14.0. The second kappa shape index (κ2) is 12.6. The first-order valence-corrected chi connectivity index (χ1v) is 14.3. The minimum absolute atomic E-state index is 0.0848. The van der Waals surface area contributed by atoms with Crippen molar-refractivity contribution in [2.24, 2.45) is 0 Å². The van der Waals surface area contributed by atoms with E-state index in [0.717, 1.165) is 30.6 Å². The zero-order chi connectivity index (χ0) is 26.3. The van der Waals surface area contributed by atoms with Crippen molar-refractivity contribution in [3.8, 4) is 0 Å². The number of amides is 1. The number of halogens is 1. The van der Waals surface area contributed by atoms with Gasteiger partial charge in [-0.1, -0.05) is 78.7 Å². The quantitative estimate of drug-likeness (QED) is 0.221. The number of benzene rings is 3. The van der Waals surface area contributed by atoms with Crippen molar-refractivity contribution < 1.29 is 4.79 Å². The van der Waals surface area contributed by atoms with Crippen LogP contribution >= 0.6 is 11.6 Å². The van der Waals surface area contributed by atoms with Crippen molar-refractivity contribution in [1.29, 1.82) is 0 Å². The van der Waals surface area contributed by atoms with Gasteiger partial charge in [-0.2, -0.15) is 0 Å².